The van der Waals surface area contributed by atoms with E-state index in [1.165, 1.54) is 0 Å². The largest absolute Gasteiger partial charge is 0.376 e. The zero-order valence-corrected chi connectivity index (χ0v) is 11.5. The first-order chi connectivity index (χ1) is 9.15. The molecule has 0 aromatic carbocycles. The van der Waals surface area contributed by atoms with Gasteiger partial charge in [-0.3, -0.25) is 4.79 Å². The van der Waals surface area contributed by atoms with Crippen LogP contribution < -0.4 is 10.6 Å². The normalized spacial score (nSPS) is 18.6. The van der Waals surface area contributed by atoms with Crippen LogP contribution in [0.3, 0.4) is 0 Å². The summed E-state index contributed by atoms with van der Waals surface area (Å²) in [4.78, 5) is 15.8. The van der Waals surface area contributed by atoms with Crippen LogP contribution in [0.15, 0.2) is 18.3 Å². The second-order valence-electron chi connectivity index (χ2n) is 5.09. The highest BCUT2D eigenvalue weighted by molar-refractivity contribution is 5.91. The average Bonchev–Trinajstić information content (AvgIpc) is 2.91. The second-order valence-corrected chi connectivity index (χ2v) is 5.09. The first kappa shape index (κ1) is 13.8. The van der Waals surface area contributed by atoms with Crippen LogP contribution in [0.25, 0.3) is 0 Å². The van der Waals surface area contributed by atoms with E-state index < -0.39 is 0 Å². The Morgan fingerprint density at radius 1 is 1.53 bits per heavy atom. The van der Waals surface area contributed by atoms with Crippen LogP contribution in [0.4, 0.5) is 11.5 Å². The summed E-state index contributed by atoms with van der Waals surface area (Å²) in [5.41, 5.74) is 0.723. The van der Waals surface area contributed by atoms with Crippen LogP contribution >= 0.6 is 0 Å². The van der Waals surface area contributed by atoms with Crippen molar-refractivity contribution in [2.45, 2.75) is 32.8 Å². The molecule has 0 bridgehead atoms. The molecule has 2 heterocycles. The summed E-state index contributed by atoms with van der Waals surface area (Å²) in [5, 5.41) is 6.05. The summed E-state index contributed by atoms with van der Waals surface area (Å²) in [5.74, 6) is 0.775. The van der Waals surface area contributed by atoms with E-state index in [9.17, 15) is 4.79 Å². The fourth-order valence-corrected chi connectivity index (χ4v) is 1.88. The predicted molar refractivity (Wildman–Crippen MR) is 75.2 cm³/mol. The standard InChI is InChI=1S/C14H21N3O2/c1-10(2)14(18)17-11-5-6-13(15-8-11)16-9-12-4-3-7-19-12/h5-6,8,10,12H,3-4,7,9H2,1-2H3,(H,15,16)(H,17,18). The molecule has 1 unspecified atom stereocenters. The van der Waals surface area contributed by atoms with Gasteiger partial charge in [0.25, 0.3) is 0 Å². The number of nitrogens with one attached hydrogen (secondary N) is 2. The number of pyridine rings is 1. The molecule has 5 nitrogen and oxygen atoms in total. The van der Waals surface area contributed by atoms with Crippen LogP contribution in [0.5, 0.6) is 0 Å². The topological polar surface area (TPSA) is 63.2 Å². The van der Waals surface area contributed by atoms with Crippen molar-refractivity contribution in [3.05, 3.63) is 18.3 Å². The highest BCUT2D eigenvalue weighted by Gasteiger charge is 2.15. The van der Waals surface area contributed by atoms with E-state index in [0.29, 0.717) is 6.10 Å². The molecular formula is C14H21N3O2. The van der Waals surface area contributed by atoms with Crippen LogP contribution in [0, 0.1) is 5.92 Å². The SMILES string of the molecule is CC(C)C(=O)Nc1ccc(NCC2CCCO2)nc1. The summed E-state index contributed by atoms with van der Waals surface area (Å²) >= 11 is 0. The van der Waals surface area contributed by atoms with Crippen molar-refractivity contribution in [3.63, 3.8) is 0 Å². The number of nitrogens with zero attached hydrogens (tertiary/aromatic N) is 1. The third-order valence-electron chi connectivity index (χ3n) is 3.09. The molecule has 1 aromatic rings. The number of carbonyl (C=O) groups is 1. The smallest absolute Gasteiger partial charge is 0.226 e. The number of aromatic nitrogens is 1. The van der Waals surface area contributed by atoms with Gasteiger partial charge in [0, 0.05) is 19.1 Å². The van der Waals surface area contributed by atoms with Gasteiger partial charge in [-0.1, -0.05) is 13.8 Å². The lowest BCUT2D eigenvalue weighted by Crippen LogP contribution is -2.19. The summed E-state index contributed by atoms with van der Waals surface area (Å²) in [7, 11) is 0. The van der Waals surface area contributed by atoms with Crippen molar-refractivity contribution < 1.29 is 9.53 Å². The van der Waals surface area contributed by atoms with E-state index in [0.717, 1.165) is 37.5 Å². The summed E-state index contributed by atoms with van der Waals surface area (Å²) in [6.45, 7) is 5.37. The van der Waals surface area contributed by atoms with Crippen LogP contribution in [0.2, 0.25) is 0 Å². The average molecular weight is 263 g/mol. The lowest BCUT2D eigenvalue weighted by molar-refractivity contribution is -0.118. The number of hydrogen-bond acceptors (Lipinski definition) is 4. The monoisotopic (exact) mass is 263 g/mol. The number of anilines is 2. The number of amides is 1. The zero-order valence-electron chi connectivity index (χ0n) is 11.5. The van der Waals surface area contributed by atoms with Gasteiger partial charge >= 0.3 is 0 Å². The van der Waals surface area contributed by atoms with Crippen molar-refractivity contribution in [1.82, 2.24) is 4.98 Å². The number of hydrogen-bond donors (Lipinski definition) is 2. The minimum Gasteiger partial charge on any atom is -0.376 e. The number of carbonyl (C=O) groups excluding carboxylic acids is 1. The number of ether oxygens (including phenoxy) is 1. The molecule has 1 saturated heterocycles. The minimum atomic E-state index is -0.0303. The second kappa shape index (κ2) is 6.52. The fraction of sp³-hybridized carbons (Fsp3) is 0.571. The summed E-state index contributed by atoms with van der Waals surface area (Å²) < 4.78 is 5.53. The van der Waals surface area contributed by atoms with Gasteiger partial charge in [-0.2, -0.15) is 0 Å². The van der Waals surface area contributed by atoms with E-state index in [2.05, 4.69) is 15.6 Å². The summed E-state index contributed by atoms with van der Waals surface area (Å²) in [6, 6.07) is 3.72. The van der Waals surface area contributed by atoms with Gasteiger partial charge in [0.05, 0.1) is 18.0 Å². The van der Waals surface area contributed by atoms with E-state index in [1.807, 2.05) is 26.0 Å². The fourth-order valence-electron chi connectivity index (χ4n) is 1.88. The van der Waals surface area contributed by atoms with E-state index in [-0.39, 0.29) is 11.8 Å². The van der Waals surface area contributed by atoms with Gasteiger partial charge in [0.1, 0.15) is 5.82 Å². The lowest BCUT2D eigenvalue weighted by atomic mass is 10.2. The Kier molecular flexibility index (Phi) is 4.74. The molecule has 1 aliphatic rings. The molecule has 1 fully saturated rings. The molecule has 5 heteroatoms. The molecule has 1 amide bonds. The van der Waals surface area contributed by atoms with Gasteiger partial charge in [-0.25, -0.2) is 4.98 Å². The summed E-state index contributed by atoms with van der Waals surface area (Å²) in [6.07, 6.45) is 4.20. The third kappa shape index (κ3) is 4.21. The Bertz CT molecular complexity index is 411. The van der Waals surface area contributed by atoms with Gasteiger partial charge in [0.15, 0.2) is 0 Å². The van der Waals surface area contributed by atoms with Gasteiger partial charge in [0.2, 0.25) is 5.91 Å². The lowest BCUT2D eigenvalue weighted by Gasteiger charge is -2.12. The van der Waals surface area contributed by atoms with Gasteiger partial charge in [-0.15, -0.1) is 0 Å². The van der Waals surface area contributed by atoms with Gasteiger partial charge in [-0.05, 0) is 25.0 Å². The van der Waals surface area contributed by atoms with Crippen molar-refractivity contribution in [2.75, 3.05) is 23.8 Å². The zero-order chi connectivity index (χ0) is 13.7. The molecule has 104 valence electrons. The molecule has 0 radical (unpaired) electrons. The van der Waals surface area contributed by atoms with Crippen LogP contribution in [0.1, 0.15) is 26.7 Å². The Balaban J connectivity index is 1.82. The van der Waals surface area contributed by atoms with Crippen molar-refractivity contribution in [3.8, 4) is 0 Å². The van der Waals surface area contributed by atoms with Crippen molar-refractivity contribution in [1.29, 1.82) is 0 Å². The molecular weight excluding hydrogens is 242 g/mol. The van der Waals surface area contributed by atoms with E-state index >= 15 is 0 Å². The third-order valence-corrected chi connectivity index (χ3v) is 3.09. The predicted octanol–water partition coefficient (Wildman–Crippen LogP) is 2.27. The van der Waals surface area contributed by atoms with Gasteiger partial charge < -0.3 is 15.4 Å². The highest BCUT2D eigenvalue weighted by atomic mass is 16.5. The molecule has 2 rings (SSSR count). The van der Waals surface area contributed by atoms with Crippen LogP contribution in [-0.2, 0) is 9.53 Å². The maximum atomic E-state index is 11.5. The molecule has 19 heavy (non-hydrogen) atoms. The first-order valence-electron chi connectivity index (χ1n) is 6.77. The Morgan fingerprint density at radius 2 is 2.37 bits per heavy atom. The quantitative estimate of drug-likeness (QED) is 0.855. The first-order valence-corrected chi connectivity index (χ1v) is 6.77. The van der Waals surface area contributed by atoms with E-state index in [1.54, 1.807) is 6.20 Å². The molecule has 1 atom stereocenters. The minimum absolute atomic E-state index is 0.00173. The molecule has 1 aliphatic heterocycles. The van der Waals surface area contributed by atoms with Crippen molar-refractivity contribution in [2.24, 2.45) is 5.92 Å². The maximum absolute atomic E-state index is 11.5. The Hall–Kier alpha value is -1.62. The van der Waals surface area contributed by atoms with Crippen molar-refractivity contribution >= 4 is 17.4 Å². The Labute approximate surface area is 113 Å². The maximum Gasteiger partial charge on any atom is 0.226 e. The highest BCUT2D eigenvalue weighted by Crippen LogP contribution is 2.14. The Morgan fingerprint density at radius 3 is 2.95 bits per heavy atom. The molecule has 0 aliphatic carbocycles. The molecule has 2 N–H and O–H groups in total. The molecule has 0 saturated carbocycles. The number of rotatable bonds is 5. The molecule has 1 aromatic heterocycles. The van der Waals surface area contributed by atoms with Crippen LogP contribution in [-0.4, -0.2) is 30.1 Å². The molecule has 0 spiro atoms. The van der Waals surface area contributed by atoms with E-state index in [4.69, 9.17) is 4.74 Å².